The third kappa shape index (κ3) is 4.02. The molecule has 4 aliphatic heterocycles. The van der Waals surface area contributed by atoms with E-state index in [2.05, 4.69) is 9.80 Å². The van der Waals surface area contributed by atoms with E-state index in [1.54, 1.807) is 28.4 Å². The smallest absolute Gasteiger partial charge is 0.156 e. The zero-order chi connectivity index (χ0) is 33.7. The monoisotopic (exact) mass is 664 g/mol. The Morgan fingerprint density at radius 3 is 0.840 bits per heavy atom. The molecular formula is C40H28N2O8. The van der Waals surface area contributed by atoms with Gasteiger partial charge in [0.05, 0.1) is 51.2 Å². The number of nitrogens with zero attached hydrogens (tertiary/aromatic N) is 2. The predicted octanol–water partition coefficient (Wildman–Crippen LogP) is 10.8. The summed E-state index contributed by atoms with van der Waals surface area (Å²) in [6, 6.07) is 31.2. The normalized spacial score (nSPS) is 13.4. The number of rotatable bonds is 5. The van der Waals surface area contributed by atoms with Gasteiger partial charge in [0.25, 0.3) is 0 Å². The first-order chi connectivity index (χ1) is 24.5. The first-order valence-corrected chi connectivity index (χ1v) is 15.9. The molecule has 0 aliphatic carbocycles. The maximum atomic E-state index is 6.61. The number of methoxy groups -OCH3 is 4. The van der Waals surface area contributed by atoms with E-state index in [1.165, 1.54) is 0 Å². The molecule has 0 saturated carbocycles. The van der Waals surface area contributed by atoms with Gasteiger partial charge in [-0.15, -0.1) is 0 Å². The van der Waals surface area contributed by atoms with Gasteiger partial charge in [0, 0.05) is 24.3 Å². The molecule has 0 bridgehead atoms. The molecular weight excluding hydrogens is 636 g/mol. The summed E-state index contributed by atoms with van der Waals surface area (Å²) >= 11 is 0. The largest absolute Gasteiger partial charge is 0.497 e. The molecule has 4 aliphatic rings. The van der Waals surface area contributed by atoms with E-state index in [1.807, 2.05) is 97.1 Å². The second kappa shape index (κ2) is 10.4. The van der Waals surface area contributed by atoms with Crippen LogP contribution in [0.1, 0.15) is 0 Å². The van der Waals surface area contributed by atoms with Crippen molar-refractivity contribution in [3.63, 3.8) is 0 Å². The highest BCUT2D eigenvalue weighted by atomic mass is 16.5. The van der Waals surface area contributed by atoms with Gasteiger partial charge in [-0.05, 0) is 83.9 Å². The van der Waals surface area contributed by atoms with E-state index in [4.69, 9.17) is 37.9 Å². The first kappa shape index (κ1) is 28.3. The second-order valence-corrected chi connectivity index (χ2v) is 12.1. The fourth-order valence-corrected chi connectivity index (χ4v) is 7.02. The molecule has 0 amide bonds. The summed E-state index contributed by atoms with van der Waals surface area (Å²) in [6.45, 7) is 0. The summed E-state index contributed by atoms with van der Waals surface area (Å²) in [7, 11) is 6.56. The van der Waals surface area contributed by atoms with E-state index >= 15 is 0 Å². The van der Waals surface area contributed by atoms with Crippen LogP contribution in [0.2, 0.25) is 0 Å². The average Bonchev–Trinajstić information content (AvgIpc) is 3.16. The number of ether oxygens (including phenoxy) is 8. The maximum absolute atomic E-state index is 6.61. The van der Waals surface area contributed by atoms with Crippen molar-refractivity contribution in [1.82, 2.24) is 0 Å². The summed E-state index contributed by atoms with van der Waals surface area (Å²) in [5.41, 5.74) is 6.73. The molecule has 50 heavy (non-hydrogen) atoms. The Kier molecular flexibility index (Phi) is 5.90. The van der Waals surface area contributed by atoms with Crippen molar-refractivity contribution in [2.24, 2.45) is 0 Å². The Balaban J connectivity index is 1.16. The molecule has 6 aromatic rings. The third-order valence-corrected chi connectivity index (χ3v) is 9.37. The summed E-state index contributed by atoms with van der Waals surface area (Å²) in [5, 5.41) is 0. The number of fused-ring (bicyclic) bond motifs is 8. The van der Waals surface area contributed by atoms with E-state index in [9.17, 15) is 0 Å². The van der Waals surface area contributed by atoms with E-state index in [-0.39, 0.29) is 0 Å². The molecule has 0 N–H and O–H groups in total. The Morgan fingerprint density at radius 1 is 0.340 bits per heavy atom. The molecule has 6 aromatic carbocycles. The van der Waals surface area contributed by atoms with Gasteiger partial charge in [-0.3, -0.25) is 9.80 Å². The SMILES string of the molecule is COc1ccc2c(c1)Oc1cc(-c3cc4c5c(c3)Oc3cc(OC)ccc3N5c3ccc(OC)cc3O4)cc3c1N2c1ccc(OC)cc1O3. The molecule has 0 aromatic heterocycles. The summed E-state index contributed by atoms with van der Waals surface area (Å²) in [5.74, 6) is 7.87. The van der Waals surface area contributed by atoms with Crippen LogP contribution < -0.4 is 47.7 Å². The number of anilines is 6. The van der Waals surface area contributed by atoms with E-state index in [0.29, 0.717) is 69.0 Å². The van der Waals surface area contributed by atoms with Crippen LogP contribution in [-0.2, 0) is 0 Å². The molecule has 10 nitrogen and oxygen atoms in total. The van der Waals surface area contributed by atoms with Gasteiger partial charge in [-0.25, -0.2) is 0 Å². The van der Waals surface area contributed by atoms with Gasteiger partial charge < -0.3 is 37.9 Å². The molecule has 0 radical (unpaired) electrons. The number of hydrogen-bond acceptors (Lipinski definition) is 10. The highest BCUT2D eigenvalue weighted by molar-refractivity contribution is 5.98. The zero-order valence-electron chi connectivity index (χ0n) is 27.4. The van der Waals surface area contributed by atoms with Crippen molar-refractivity contribution in [2.45, 2.75) is 0 Å². The highest BCUT2D eigenvalue weighted by Gasteiger charge is 2.38. The van der Waals surface area contributed by atoms with Crippen LogP contribution >= 0.6 is 0 Å². The van der Waals surface area contributed by atoms with Gasteiger partial charge in [0.2, 0.25) is 0 Å². The first-order valence-electron chi connectivity index (χ1n) is 15.9. The van der Waals surface area contributed by atoms with Crippen molar-refractivity contribution in [3.8, 4) is 80.1 Å². The quantitative estimate of drug-likeness (QED) is 0.177. The van der Waals surface area contributed by atoms with Crippen LogP contribution in [-0.4, -0.2) is 28.4 Å². The van der Waals surface area contributed by atoms with Crippen molar-refractivity contribution in [1.29, 1.82) is 0 Å². The van der Waals surface area contributed by atoms with Gasteiger partial charge >= 0.3 is 0 Å². The van der Waals surface area contributed by atoms with Crippen LogP contribution in [0, 0.1) is 0 Å². The van der Waals surface area contributed by atoms with Crippen molar-refractivity contribution in [3.05, 3.63) is 97.1 Å². The van der Waals surface area contributed by atoms with Crippen molar-refractivity contribution < 1.29 is 37.9 Å². The predicted molar refractivity (Wildman–Crippen MR) is 188 cm³/mol. The molecule has 0 spiro atoms. The van der Waals surface area contributed by atoms with Crippen LogP contribution in [0.5, 0.6) is 69.0 Å². The summed E-state index contributed by atoms with van der Waals surface area (Å²) in [6.07, 6.45) is 0. The maximum Gasteiger partial charge on any atom is 0.156 e. The number of hydrogen-bond donors (Lipinski definition) is 0. The Hall–Kier alpha value is -6.68. The lowest BCUT2D eigenvalue weighted by Gasteiger charge is -2.39. The molecule has 246 valence electrons. The lowest BCUT2D eigenvalue weighted by molar-refractivity contribution is 0.403. The minimum Gasteiger partial charge on any atom is -0.497 e. The van der Waals surface area contributed by atoms with Crippen LogP contribution in [0.15, 0.2) is 97.1 Å². The van der Waals surface area contributed by atoms with Gasteiger partial charge in [0.15, 0.2) is 46.0 Å². The fraction of sp³-hybridized carbons (Fsp3) is 0.100. The van der Waals surface area contributed by atoms with Crippen LogP contribution in [0.4, 0.5) is 34.1 Å². The van der Waals surface area contributed by atoms with Crippen LogP contribution in [0.3, 0.4) is 0 Å². The zero-order valence-corrected chi connectivity index (χ0v) is 27.4. The molecule has 0 atom stereocenters. The second-order valence-electron chi connectivity index (χ2n) is 12.1. The molecule has 4 heterocycles. The average molecular weight is 665 g/mol. The van der Waals surface area contributed by atoms with Gasteiger partial charge in [0.1, 0.15) is 34.4 Å². The van der Waals surface area contributed by atoms with Crippen molar-refractivity contribution in [2.75, 3.05) is 38.2 Å². The highest BCUT2D eigenvalue weighted by Crippen LogP contribution is 2.64. The summed E-state index contributed by atoms with van der Waals surface area (Å²) < 4.78 is 48.6. The molecule has 0 fully saturated rings. The molecule has 10 rings (SSSR count). The van der Waals surface area contributed by atoms with Crippen LogP contribution in [0.25, 0.3) is 11.1 Å². The molecule has 10 heteroatoms. The Morgan fingerprint density at radius 2 is 0.600 bits per heavy atom. The van der Waals surface area contributed by atoms with Crippen molar-refractivity contribution >= 4 is 34.1 Å². The van der Waals surface area contributed by atoms with E-state index in [0.717, 1.165) is 45.3 Å². The Bertz CT molecular complexity index is 2100. The standard InChI is InChI=1S/C40H28N2O8/c1-43-23-5-9-27-31(17-23)47-35-13-21(14-36-39(35)41(27)28-10-6-24(44-2)18-32(28)48-36)22-15-37-40-38(16-22)50-34-20-26(46-4)8-12-30(34)42(40)29-11-7-25(45-3)19-33(29)49-37/h5-20H,1-4H3. The molecule has 0 saturated heterocycles. The van der Waals surface area contributed by atoms with Gasteiger partial charge in [-0.2, -0.15) is 0 Å². The lowest BCUT2D eigenvalue weighted by Crippen LogP contribution is -2.21. The third-order valence-electron chi connectivity index (χ3n) is 9.37. The van der Waals surface area contributed by atoms with E-state index < -0.39 is 0 Å². The summed E-state index contributed by atoms with van der Waals surface area (Å²) in [4.78, 5) is 4.31. The van der Waals surface area contributed by atoms with Gasteiger partial charge in [-0.1, -0.05) is 0 Å². The fourth-order valence-electron chi connectivity index (χ4n) is 7.02. The Labute approximate surface area is 287 Å². The minimum atomic E-state index is 0.625. The molecule has 0 unspecified atom stereocenters. The minimum absolute atomic E-state index is 0.625. The number of benzene rings is 6. The lowest BCUT2D eigenvalue weighted by atomic mass is 9.98. The topological polar surface area (TPSA) is 80.3 Å².